The molecule has 3 rings (SSSR count). The molecule has 108 valence electrons. The fourth-order valence-corrected chi connectivity index (χ4v) is 3.49. The normalized spacial score (nSPS) is 14.4. The van der Waals surface area contributed by atoms with Gasteiger partial charge in [-0.05, 0) is 36.4 Å². The fraction of sp³-hybridized carbons (Fsp3) is 0.133. The van der Waals surface area contributed by atoms with Gasteiger partial charge in [-0.15, -0.1) is 0 Å². The molecule has 0 saturated carbocycles. The summed E-state index contributed by atoms with van der Waals surface area (Å²) in [6.07, 6.45) is 0.281. The van der Waals surface area contributed by atoms with Crippen LogP contribution in [0.15, 0.2) is 52.3 Å². The molecule has 0 saturated heterocycles. The Bertz CT molecular complexity index is 827. The average molecular weight is 306 g/mol. The zero-order valence-corrected chi connectivity index (χ0v) is 11.7. The summed E-state index contributed by atoms with van der Waals surface area (Å²) in [4.78, 5) is 11.5. The second kappa shape index (κ2) is 4.96. The summed E-state index contributed by atoms with van der Waals surface area (Å²) in [5.41, 5.74) is 0.374. The molecule has 0 aromatic heterocycles. The van der Waals surface area contributed by atoms with Crippen LogP contribution in [0.25, 0.3) is 0 Å². The molecule has 2 aromatic carbocycles. The van der Waals surface area contributed by atoms with Crippen LogP contribution in [0.4, 0.5) is 4.39 Å². The molecule has 1 aliphatic heterocycles. The first kappa shape index (κ1) is 13.8. The van der Waals surface area contributed by atoms with Gasteiger partial charge in [-0.3, -0.25) is 4.79 Å². The Hall–Kier alpha value is -2.21. The lowest BCUT2D eigenvalue weighted by Gasteiger charge is -2.17. The van der Waals surface area contributed by atoms with Crippen LogP contribution in [0.2, 0.25) is 0 Å². The minimum atomic E-state index is -3.84. The third kappa shape index (κ3) is 2.42. The van der Waals surface area contributed by atoms with E-state index in [9.17, 15) is 17.6 Å². The standard InChI is InChI=1S/C15H11FO4S/c16-10-2-1-3-11(8-10)21(18,19)12-4-5-13-14(17)6-7-20-15(13)9-12/h1-5,8-9H,6-7H2. The fourth-order valence-electron chi connectivity index (χ4n) is 2.18. The average Bonchev–Trinajstić information content (AvgIpc) is 2.47. The van der Waals surface area contributed by atoms with Gasteiger partial charge in [-0.25, -0.2) is 12.8 Å². The Morgan fingerprint density at radius 2 is 1.81 bits per heavy atom. The Kier molecular flexibility index (Phi) is 3.25. The van der Waals surface area contributed by atoms with E-state index in [1.807, 2.05) is 0 Å². The van der Waals surface area contributed by atoms with Crippen LogP contribution in [-0.2, 0) is 9.84 Å². The SMILES string of the molecule is O=C1CCOc2cc(S(=O)(=O)c3cccc(F)c3)ccc21. The molecule has 0 spiro atoms. The Labute approximate surface area is 121 Å². The number of fused-ring (bicyclic) bond motifs is 1. The van der Waals surface area contributed by atoms with E-state index in [0.29, 0.717) is 5.56 Å². The monoisotopic (exact) mass is 306 g/mol. The topological polar surface area (TPSA) is 60.4 Å². The van der Waals surface area contributed by atoms with Crippen molar-refractivity contribution < 1.29 is 22.3 Å². The molecular weight excluding hydrogens is 295 g/mol. The van der Waals surface area contributed by atoms with Crippen molar-refractivity contribution >= 4 is 15.6 Å². The van der Waals surface area contributed by atoms with Crippen molar-refractivity contribution in [3.05, 3.63) is 53.8 Å². The van der Waals surface area contributed by atoms with Gasteiger partial charge in [0.25, 0.3) is 0 Å². The van der Waals surface area contributed by atoms with Gasteiger partial charge in [-0.2, -0.15) is 0 Å². The number of ether oxygens (including phenoxy) is 1. The molecule has 0 bridgehead atoms. The van der Waals surface area contributed by atoms with Crippen LogP contribution in [0, 0.1) is 5.82 Å². The molecule has 4 nitrogen and oxygen atoms in total. The van der Waals surface area contributed by atoms with Crippen LogP contribution in [0.1, 0.15) is 16.8 Å². The van der Waals surface area contributed by atoms with E-state index in [0.717, 1.165) is 6.07 Å². The number of benzene rings is 2. The van der Waals surface area contributed by atoms with E-state index in [1.165, 1.54) is 36.4 Å². The molecule has 0 N–H and O–H groups in total. The van der Waals surface area contributed by atoms with Crippen LogP contribution < -0.4 is 4.74 Å². The molecule has 0 fully saturated rings. The number of hydrogen-bond donors (Lipinski definition) is 0. The van der Waals surface area contributed by atoms with Gasteiger partial charge in [0.05, 0.1) is 22.0 Å². The number of ketones is 1. The summed E-state index contributed by atoms with van der Waals surface area (Å²) in [5, 5.41) is 0. The number of halogens is 1. The molecule has 0 amide bonds. The van der Waals surface area contributed by atoms with Crippen molar-refractivity contribution in [3.8, 4) is 5.75 Å². The van der Waals surface area contributed by atoms with E-state index in [1.54, 1.807) is 0 Å². The summed E-state index contributed by atoms with van der Waals surface area (Å²) < 4.78 is 43.4. The molecule has 1 heterocycles. The highest BCUT2D eigenvalue weighted by molar-refractivity contribution is 7.91. The molecule has 2 aromatic rings. The summed E-state index contributed by atoms with van der Waals surface area (Å²) in [5.74, 6) is -0.449. The van der Waals surface area contributed by atoms with Crippen molar-refractivity contribution in [2.24, 2.45) is 0 Å². The smallest absolute Gasteiger partial charge is 0.206 e. The Morgan fingerprint density at radius 1 is 1.05 bits per heavy atom. The zero-order valence-electron chi connectivity index (χ0n) is 10.9. The molecule has 0 aliphatic carbocycles. The lowest BCUT2D eigenvalue weighted by atomic mass is 10.1. The second-order valence-electron chi connectivity index (χ2n) is 4.64. The number of rotatable bonds is 2. The predicted molar refractivity (Wildman–Crippen MR) is 72.7 cm³/mol. The Morgan fingerprint density at radius 3 is 2.57 bits per heavy atom. The maximum atomic E-state index is 13.2. The quantitative estimate of drug-likeness (QED) is 0.855. The van der Waals surface area contributed by atoms with E-state index in [4.69, 9.17) is 4.74 Å². The largest absolute Gasteiger partial charge is 0.492 e. The van der Waals surface area contributed by atoms with Crippen LogP contribution >= 0.6 is 0 Å². The highest BCUT2D eigenvalue weighted by Gasteiger charge is 2.24. The van der Waals surface area contributed by atoms with E-state index >= 15 is 0 Å². The van der Waals surface area contributed by atoms with Crippen LogP contribution in [0.3, 0.4) is 0 Å². The third-order valence-electron chi connectivity index (χ3n) is 3.26. The molecule has 0 atom stereocenters. The maximum absolute atomic E-state index is 13.2. The van der Waals surface area contributed by atoms with Crippen LogP contribution in [0.5, 0.6) is 5.75 Å². The Balaban J connectivity index is 2.10. The van der Waals surface area contributed by atoms with Crippen molar-refractivity contribution in [1.82, 2.24) is 0 Å². The molecule has 21 heavy (non-hydrogen) atoms. The van der Waals surface area contributed by atoms with E-state index in [-0.39, 0.29) is 34.4 Å². The molecule has 0 radical (unpaired) electrons. The molecule has 0 unspecified atom stereocenters. The van der Waals surface area contributed by atoms with Gasteiger partial charge in [0.2, 0.25) is 9.84 Å². The van der Waals surface area contributed by atoms with Gasteiger partial charge < -0.3 is 4.74 Å². The number of hydrogen-bond acceptors (Lipinski definition) is 4. The lowest BCUT2D eigenvalue weighted by Crippen LogP contribution is -2.16. The van der Waals surface area contributed by atoms with Gasteiger partial charge in [0.15, 0.2) is 5.78 Å². The molecule has 1 aliphatic rings. The first-order chi connectivity index (χ1) is 9.98. The highest BCUT2D eigenvalue weighted by atomic mass is 32.2. The van der Waals surface area contributed by atoms with Gasteiger partial charge in [0.1, 0.15) is 11.6 Å². The van der Waals surface area contributed by atoms with Crippen molar-refractivity contribution in [2.45, 2.75) is 16.2 Å². The van der Waals surface area contributed by atoms with E-state index < -0.39 is 15.7 Å². The minimum absolute atomic E-state index is 0.0263. The minimum Gasteiger partial charge on any atom is -0.492 e. The van der Waals surface area contributed by atoms with Crippen molar-refractivity contribution in [1.29, 1.82) is 0 Å². The third-order valence-corrected chi connectivity index (χ3v) is 5.01. The summed E-state index contributed by atoms with van der Waals surface area (Å²) in [6, 6.07) is 8.88. The maximum Gasteiger partial charge on any atom is 0.206 e. The van der Waals surface area contributed by atoms with E-state index in [2.05, 4.69) is 0 Å². The number of Topliss-reactive ketones (excluding diaryl/α,β-unsaturated/α-hetero) is 1. The number of sulfone groups is 1. The number of carbonyl (C=O) groups excluding carboxylic acids is 1. The zero-order chi connectivity index (χ0) is 15.0. The summed E-state index contributed by atoms with van der Waals surface area (Å²) in [7, 11) is -3.84. The van der Waals surface area contributed by atoms with Gasteiger partial charge >= 0.3 is 0 Å². The molecule has 6 heteroatoms. The number of carbonyl (C=O) groups is 1. The molecular formula is C15H11FO4S. The van der Waals surface area contributed by atoms with Gasteiger partial charge in [-0.1, -0.05) is 6.07 Å². The summed E-state index contributed by atoms with van der Waals surface area (Å²) >= 11 is 0. The van der Waals surface area contributed by atoms with Crippen molar-refractivity contribution in [3.63, 3.8) is 0 Å². The first-order valence-corrected chi connectivity index (χ1v) is 7.77. The summed E-state index contributed by atoms with van der Waals surface area (Å²) in [6.45, 7) is 0.231. The van der Waals surface area contributed by atoms with Gasteiger partial charge in [0, 0.05) is 6.42 Å². The second-order valence-corrected chi connectivity index (χ2v) is 6.59. The lowest BCUT2D eigenvalue weighted by molar-refractivity contribution is 0.0933. The first-order valence-electron chi connectivity index (χ1n) is 6.29. The predicted octanol–water partition coefficient (Wildman–Crippen LogP) is 2.62. The highest BCUT2D eigenvalue weighted by Crippen LogP contribution is 2.30. The van der Waals surface area contributed by atoms with Crippen LogP contribution in [-0.4, -0.2) is 20.8 Å². The van der Waals surface area contributed by atoms with Crippen molar-refractivity contribution in [2.75, 3.05) is 6.61 Å².